The molecule has 1 unspecified atom stereocenters. The lowest BCUT2D eigenvalue weighted by Crippen LogP contribution is -2.71. The van der Waals surface area contributed by atoms with Crippen LogP contribution in [-0.2, 0) is 40.1 Å². The number of nitriles is 4. The van der Waals surface area contributed by atoms with Crippen molar-refractivity contribution in [1.82, 2.24) is 18.9 Å². The van der Waals surface area contributed by atoms with E-state index in [-0.39, 0.29) is 51.9 Å². The van der Waals surface area contributed by atoms with Crippen LogP contribution in [0.4, 0.5) is 0 Å². The Kier molecular flexibility index (Phi) is 41.6. The largest absolute Gasteiger partial charge is 0.330 e. The summed E-state index contributed by atoms with van der Waals surface area (Å²) >= 11 is 0. The Morgan fingerprint density at radius 3 is 0.771 bits per heavy atom. The summed E-state index contributed by atoms with van der Waals surface area (Å²) in [5.41, 5.74) is 0. The minimum absolute atomic E-state index is 0.0335. The average Bonchev–Trinajstić information content (AvgIpc) is 3.31. The third-order valence-electron chi connectivity index (χ3n) is 12.8. The van der Waals surface area contributed by atoms with Crippen molar-refractivity contribution in [2.45, 2.75) is 266 Å². The summed E-state index contributed by atoms with van der Waals surface area (Å²) in [6, 6.07) is 8.57. The molecule has 70 heavy (non-hydrogen) atoms. The second kappa shape index (κ2) is 43.0. The van der Waals surface area contributed by atoms with Crippen LogP contribution in [0.3, 0.4) is 0 Å². The molecule has 16 nitrogen and oxygen atoms in total. The number of hydrogen-bond acceptors (Lipinski definition) is 12. The smallest absolute Gasteiger partial charge is 0.215 e. The lowest BCUT2D eigenvalue weighted by molar-refractivity contribution is 0.492. The maximum absolute atomic E-state index is 15.1. The van der Waals surface area contributed by atoms with Crippen LogP contribution < -0.4 is 18.9 Å². The zero-order chi connectivity index (χ0) is 52.1. The van der Waals surface area contributed by atoms with Gasteiger partial charge in [-0.1, -0.05) is 174 Å². The van der Waals surface area contributed by atoms with E-state index in [4.69, 9.17) is 21.0 Å². The van der Waals surface area contributed by atoms with Crippen LogP contribution >= 0.6 is 0 Å². The normalized spacial score (nSPS) is 12.8. The van der Waals surface area contributed by atoms with Crippen LogP contribution in [0.25, 0.3) is 0 Å². The highest BCUT2D eigenvalue weighted by Gasteiger charge is 2.72. The van der Waals surface area contributed by atoms with Gasteiger partial charge in [0.25, 0.3) is 30.1 Å². The highest BCUT2D eigenvalue weighted by molar-refractivity contribution is 8.25. The average molecular weight is 1060 g/mol. The van der Waals surface area contributed by atoms with Gasteiger partial charge < -0.3 is 0 Å². The molecule has 0 amide bonds. The summed E-state index contributed by atoms with van der Waals surface area (Å²) in [4.78, 5) is 0. The van der Waals surface area contributed by atoms with Crippen molar-refractivity contribution >= 4 is 40.1 Å². The topological polar surface area (TPSA) is 280 Å². The number of sulfonamides is 4. The van der Waals surface area contributed by atoms with Gasteiger partial charge in [-0.3, -0.25) is 0 Å². The van der Waals surface area contributed by atoms with Gasteiger partial charge in [-0.15, -0.1) is 0 Å². The lowest BCUT2D eigenvalue weighted by atomic mass is 10.1. The van der Waals surface area contributed by atoms with E-state index >= 15 is 25.3 Å². The Hall–Kier alpha value is -2.40. The molecule has 4 N–H and O–H groups in total. The van der Waals surface area contributed by atoms with Crippen molar-refractivity contribution in [3.63, 3.8) is 0 Å². The van der Waals surface area contributed by atoms with E-state index in [9.17, 15) is 8.42 Å². The summed E-state index contributed by atoms with van der Waals surface area (Å²) in [6.07, 6.45) is 26.9. The SMILES string of the molecule is CCCCC(C(S(=O)(=O)NCCCCCCCCCCC#N)(S(=O)(=O)NCCCCCCCCCCC#N)S(=O)(=O)NCCCCCCCCCCC#N)S(=O)(=O)NCCCCCCCCCCC#N. The van der Waals surface area contributed by atoms with Crippen LogP contribution in [0, 0.1) is 45.3 Å². The fourth-order valence-electron chi connectivity index (χ4n) is 8.66. The van der Waals surface area contributed by atoms with Crippen molar-refractivity contribution in [2.24, 2.45) is 0 Å². The number of hydrogen-bond donors (Lipinski definition) is 4. The Bertz CT molecular complexity index is 1780. The Balaban J connectivity index is 6.79. The number of unbranched alkanes of at least 4 members (excludes halogenated alkanes) is 33. The van der Waals surface area contributed by atoms with Crippen LogP contribution in [0.5, 0.6) is 0 Å². The second-order valence-electron chi connectivity index (χ2n) is 18.8. The van der Waals surface area contributed by atoms with Crippen molar-refractivity contribution in [1.29, 1.82) is 21.0 Å². The van der Waals surface area contributed by atoms with Gasteiger partial charge in [-0.05, 0) is 57.8 Å². The molecule has 1 atom stereocenters. The Morgan fingerprint density at radius 1 is 0.329 bits per heavy atom. The monoisotopic (exact) mass is 1060 g/mol. The Morgan fingerprint density at radius 2 is 0.543 bits per heavy atom. The third kappa shape index (κ3) is 29.3. The van der Waals surface area contributed by atoms with Gasteiger partial charge in [-0.2, -0.15) is 21.0 Å². The van der Waals surface area contributed by atoms with E-state index in [0.717, 1.165) is 154 Å². The van der Waals surface area contributed by atoms with Gasteiger partial charge in [-0.25, -0.2) is 52.6 Å². The van der Waals surface area contributed by atoms with Gasteiger partial charge in [0.1, 0.15) is 5.25 Å². The maximum Gasteiger partial charge on any atom is 0.330 e. The van der Waals surface area contributed by atoms with Gasteiger partial charge in [0.15, 0.2) is 0 Å². The molecule has 0 fully saturated rings. The van der Waals surface area contributed by atoms with E-state index in [0.29, 0.717) is 64.2 Å². The molecule has 0 aliphatic rings. The van der Waals surface area contributed by atoms with Gasteiger partial charge >= 0.3 is 3.41 Å². The minimum Gasteiger partial charge on any atom is -0.215 e. The number of nitrogens with zero attached hydrogens (tertiary/aromatic N) is 4. The van der Waals surface area contributed by atoms with E-state index in [2.05, 4.69) is 43.2 Å². The molecular weight excluding hydrogens is 969 g/mol. The zero-order valence-corrected chi connectivity index (χ0v) is 46.4. The standard InChI is InChI=1S/C50H94N8O8S4/c1-2-3-40-49(67(59,60)55-45-36-28-20-12-4-8-16-24-32-41-51)50(68(61,62)56-46-37-29-21-13-5-9-17-25-33-42-52,69(63,64)57-47-38-30-22-14-6-10-18-26-34-43-53)70(65,66)58-48-39-31-23-15-7-11-19-27-35-44-54/h49,55-58H,2-40,45-48H2,1H3. The predicted octanol–water partition coefficient (Wildman–Crippen LogP) is 11.0. The highest BCUT2D eigenvalue weighted by atomic mass is 32.3. The third-order valence-corrected chi connectivity index (χ3v) is 23.9. The van der Waals surface area contributed by atoms with Gasteiger partial charge in [0.05, 0.1) is 24.3 Å². The van der Waals surface area contributed by atoms with Crippen LogP contribution in [0.2, 0.25) is 0 Å². The van der Waals surface area contributed by atoms with Crippen LogP contribution in [0.15, 0.2) is 0 Å². The summed E-state index contributed by atoms with van der Waals surface area (Å²) in [5.74, 6) is 0. The fraction of sp³-hybridized carbons (Fsp3) is 0.920. The second-order valence-corrected chi connectivity index (χ2v) is 27.4. The fourth-order valence-corrected chi connectivity index (χ4v) is 20.2. The highest BCUT2D eigenvalue weighted by Crippen LogP contribution is 2.40. The molecule has 0 saturated heterocycles. The molecule has 0 aliphatic heterocycles. The molecule has 0 aromatic carbocycles. The molecule has 0 bridgehead atoms. The molecule has 20 heteroatoms. The summed E-state index contributed by atoms with van der Waals surface area (Å²) < 4.78 is 126. The van der Waals surface area contributed by atoms with Crippen LogP contribution in [-0.4, -0.2) is 68.5 Å². The quantitative estimate of drug-likeness (QED) is 0.0414. The summed E-state index contributed by atoms with van der Waals surface area (Å²) in [7, 11) is -21.6. The van der Waals surface area contributed by atoms with Crippen LogP contribution in [0.1, 0.15) is 257 Å². The molecule has 0 aromatic rings. The molecule has 0 heterocycles. The first-order chi connectivity index (χ1) is 33.7. The van der Waals surface area contributed by atoms with E-state index < -0.39 is 55.2 Å². The number of nitrogens with one attached hydrogen (secondary N) is 4. The van der Waals surface area contributed by atoms with Gasteiger partial charge in [0.2, 0.25) is 10.0 Å². The molecule has 0 spiro atoms. The van der Waals surface area contributed by atoms with Gasteiger partial charge in [0, 0.05) is 51.9 Å². The maximum atomic E-state index is 15.1. The molecule has 0 rings (SSSR count). The molecular formula is C50H94N8O8S4. The zero-order valence-electron chi connectivity index (χ0n) is 43.2. The first-order valence-electron chi connectivity index (χ1n) is 27.1. The molecule has 0 saturated carbocycles. The lowest BCUT2D eigenvalue weighted by Gasteiger charge is -2.38. The first-order valence-corrected chi connectivity index (χ1v) is 33.1. The molecule has 406 valence electrons. The van der Waals surface area contributed by atoms with E-state index in [1.165, 1.54) is 0 Å². The van der Waals surface area contributed by atoms with Crippen molar-refractivity contribution in [2.75, 3.05) is 26.2 Å². The molecule has 0 aliphatic carbocycles. The predicted molar refractivity (Wildman–Crippen MR) is 282 cm³/mol. The van der Waals surface area contributed by atoms with E-state index in [1.54, 1.807) is 6.92 Å². The van der Waals surface area contributed by atoms with Crippen molar-refractivity contribution in [3.05, 3.63) is 0 Å². The molecule has 0 radical (unpaired) electrons. The van der Waals surface area contributed by atoms with Crippen molar-refractivity contribution < 1.29 is 33.7 Å². The van der Waals surface area contributed by atoms with E-state index in [1.807, 2.05) is 0 Å². The Labute approximate surface area is 427 Å². The number of rotatable bonds is 52. The van der Waals surface area contributed by atoms with Crippen molar-refractivity contribution in [3.8, 4) is 24.3 Å². The minimum atomic E-state index is -5.56. The first kappa shape index (κ1) is 67.6. The molecule has 0 aromatic heterocycles. The summed E-state index contributed by atoms with van der Waals surface area (Å²) in [6.45, 7) is 0.718. The summed E-state index contributed by atoms with van der Waals surface area (Å²) in [5, 5.41) is 32.7.